The number of sulfonamides is 1. The molecule has 0 fully saturated rings. The third-order valence-electron chi connectivity index (χ3n) is 5.22. The molecule has 0 radical (unpaired) electrons. The molecule has 1 N–H and O–H groups in total. The van der Waals surface area contributed by atoms with Gasteiger partial charge in [-0.1, -0.05) is 50.6 Å². The largest absolute Gasteiger partial charge is 0.495 e. The highest BCUT2D eigenvalue weighted by atomic mass is 35.5. The molecule has 0 aliphatic carbocycles. The van der Waals surface area contributed by atoms with Gasteiger partial charge in [0.05, 0.1) is 19.1 Å². The van der Waals surface area contributed by atoms with Gasteiger partial charge in [-0.15, -0.1) is 0 Å². The number of halogens is 1. The highest BCUT2D eigenvalue weighted by Gasteiger charge is 2.33. The average molecular weight is 467 g/mol. The van der Waals surface area contributed by atoms with Crippen molar-refractivity contribution in [2.75, 3.05) is 17.7 Å². The smallest absolute Gasteiger partial charge is 0.244 e. The van der Waals surface area contributed by atoms with Crippen LogP contribution in [0.4, 0.5) is 5.69 Å². The molecule has 1 atom stereocenters. The Morgan fingerprint density at radius 2 is 1.81 bits per heavy atom. The second-order valence-corrected chi connectivity index (χ2v) is 9.62. The topological polar surface area (TPSA) is 75.7 Å². The van der Waals surface area contributed by atoms with Crippen molar-refractivity contribution in [2.24, 2.45) is 0 Å². The van der Waals surface area contributed by atoms with Gasteiger partial charge in [0.15, 0.2) is 0 Å². The van der Waals surface area contributed by atoms with Crippen molar-refractivity contribution in [3.63, 3.8) is 0 Å². The maximum Gasteiger partial charge on any atom is 0.244 e. The van der Waals surface area contributed by atoms with Crippen molar-refractivity contribution in [1.82, 2.24) is 5.32 Å². The quantitative estimate of drug-likeness (QED) is 0.565. The Bertz CT molecular complexity index is 1020. The van der Waals surface area contributed by atoms with Crippen molar-refractivity contribution in [3.8, 4) is 5.75 Å². The normalized spacial score (nSPS) is 12.3. The Morgan fingerprint density at radius 1 is 1.10 bits per heavy atom. The van der Waals surface area contributed by atoms with Crippen molar-refractivity contribution in [1.29, 1.82) is 0 Å². The van der Waals surface area contributed by atoms with Crippen LogP contribution in [-0.2, 0) is 34.2 Å². The van der Waals surface area contributed by atoms with E-state index in [9.17, 15) is 13.2 Å². The van der Waals surface area contributed by atoms with Crippen molar-refractivity contribution in [2.45, 2.75) is 52.6 Å². The number of nitrogens with zero attached hydrogens (tertiary/aromatic N) is 1. The number of carbonyl (C=O) groups is 1. The Morgan fingerprint density at radius 3 is 2.35 bits per heavy atom. The molecule has 2 rings (SSSR count). The van der Waals surface area contributed by atoms with Crippen molar-refractivity contribution >= 4 is 33.2 Å². The van der Waals surface area contributed by atoms with Crippen LogP contribution in [-0.4, -0.2) is 33.7 Å². The molecule has 0 saturated carbocycles. The van der Waals surface area contributed by atoms with E-state index in [1.165, 1.54) is 18.7 Å². The first-order valence-electron chi connectivity index (χ1n) is 10.4. The second kappa shape index (κ2) is 10.9. The maximum atomic E-state index is 13.2. The predicted octanol–water partition coefficient (Wildman–Crippen LogP) is 4.33. The van der Waals surface area contributed by atoms with E-state index in [2.05, 4.69) is 37.4 Å². The first-order chi connectivity index (χ1) is 14.7. The lowest BCUT2D eigenvalue weighted by Crippen LogP contribution is -2.49. The molecule has 170 valence electrons. The number of methoxy groups -OCH3 is 1. The minimum absolute atomic E-state index is 0.238. The number of amides is 1. The fourth-order valence-corrected chi connectivity index (χ4v) is 4.95. The summed E-state index contributed by atoms with van der Waals surface area (Å²) in [7, 11) is -2.35. The van der Waals surface area contributed by atoms with Gasteiger partial charge in [-0.25, -0.2) is 8.42 Å². The summed E-state index contributed by atoms with van der Waals surface area (Å²) in [6.07, 6.45) is 3.11. The summed E-state index contributed by atoms with van der Waals surface area (Å²) in [5.41, 5.74) is 3.62. The molecule has 0 aliphatic rings. The Hall–Kier alpha value is -2.25. The molecular weight excluding hydrogens is 436 g/mol. The number of benzene rings is 2. The van der Waals surface area contributed by atoms with E-state index < -0.39 is 16.1 Å². The fraction of sp³-hybridized carbons (Fsp3) is 0.435. The van der Waals surface area contributed by atoms with Crippen LogP contribution in [0.15, 0.2) is 36.4 Å². The first-order valence-corrected chi connectivity index (χ1v) is 12.6. The van der Waals surface area contributed by atoms with E-state index in [1.807, 2.05) is 0 Å². The van der Waals surface area contributed by atoms with E-state index in [4.69, 9.17) is 16.3 Å². The minimum Gasteiger partial charge on any atom is -0.495 e. The molecular formula is C23H31ClN2O4S. The van der Waals surface area contributed by atoms with Gasteiger partial charge in [0, 0.05) is 11.6 Å². The monoisotopic (exact) mass is 466 g/mol. The van der Waals surface area contributed by atoms with Crippen LogP contribution in [0.5, 0.6) is 5.75 Å². The van der Waals surface area contributed by atoms with Crippen LogP contribution in [0, 0.1) is 0 Å². The molecule has 0 saturated heterocycles. The molecule has 2 aromatic rings. The number of carbonyl (C=O) groups excluding carboxylic acids is 1. The summed E-state index contributed by atoms with van der Waals surface area (Å²) in [5, 5.41) is 3.28. The van der Waals surface area contributed by atoms with Crippen molar-refractivity contribution in [3.05, 3.63) is 58.1 Å². The van der Waals surface area contributed by atoms with Gasteiger partial charge in [-0.05, 0) is 54.2 Å². The van der Waals surface area contributed by atoms with Gasteiger partial charge in [0.25, 0.3) is 0 Å². The zero-order chi connectivity index (χ0) is 23.2. The molecule has 8 heteroatoms. The van der Waals surface area contributed by atoms with E-state index >= 15 is 0 Å². The van der Waals surface area contributed by atoms with Crippen LogP contribution < -0.4 is 14.4 Å². The highest BCUT2D eigenvalue weighted by Crippen LogP contribution is 2.34. The number of aryl methyl sites for hydroxylation is 2. The summed E-state index contributed by atoms with van der Waals surface area (Å²) in [5.74, 6) is -0.0519. The third kappa shape index (κ3) is 6.14. The molecule has 0 aromatic heterocycles. The van der Waals surface area contributed by atoms with Crippen molar-refractivity contribution < 1.29 is 17.9 Å². The number of anilines is 1. The molecule has 0 unspecified atom stereocenters. The standard InChI is InChI=1S/C23H31ClN2O4S/c1-6-16-9-10-17(7-2)18(13-16)15-25-23(27)20(8-3)26(31(5,28)29)21-14-19(24)11-12-22(21)30-4/h9-14,20H,6-8,15H2,1-5H3,(H,25,27)/t20-/m0/s1. The highest BCUT2D eigenvalue weighted by molar-refractivity contribution is 7.92. The maximum absolute atomic E-state index is 13.2. The van der Waals surface area contributed by atoms with Gasteiger partial charge in [0.1, 0.15) is 11.8 Å². The summed E-state index contributed by atoms with van der Waals surface area (Å²) in [6, 6.07) is 10.0. The molecule has 31 heavy (non-hydrogen) atoms. The third-order valence-corrected chi connectivity index (χ3v) is 6.62. The fourth-order valence-electron chi connectivity index (χ4n) is 3.58. The first kappa shape index (κ1) is 25.0. The minimum atomic E-state index is -3.80. The number of hydrogen-bond donors (Lipinski definition) is 1. The zero-order valence-corrected chi connectivity index (χ0v) is 20.3. The molecule has 0 bridgehead atoms. The van der Waals surface area contributed by atoms with Crippen LogP contribution >= 0.6 is 11.6 Å². The van der Waals surface area contributed by atoms with E-state index in [0.717, 1.165) is 34.5 Å². The van der Waals surface area contributed by atoms with Crippen LogP contribution in [0.1, 0.15) is 43.9 Å². The molecule has 0 aliphatic heterocycles. The van der Waals surface area contributed by atoms with Gasteiger partial charge < -0.3 is 10.1 Å². The summed E-state index contributed by atoms with van der Waals surface area (Å²) >= 11 is 6.12. The zero-order valence-electron chi connectivity index (χ0n) is 18.7. The second-order valence-electron chi connectivity index (χ2n) is 7.33. The molecule has 1 amide bonds. The lowest BCUT2D eigenvalue weighted by Gasteiger charge is -2.31. The molecule has 0 heterocycles. The van der Waals surface area contributed by atoms with E-state index in [1.54, 1.807) is 19.1 Å². The Balaban J connectivity index is 2.38. The van der Waals surface area contributed by atoms with Crippen LogP contribution in [0.2, 0.25) is 5.02 Å². The number of hydrogen-bond acceptors (Lipinski definition) is 4. The lowest BCUT2D eigenvalue weighted by molar-refractivity contribution is -0.122. The lowest BCUT2D eigenvalue weighted by atomic mass is 10.0. The number of nitrogens with one attached hydrogen (secondary N) is 1. The number of ether oxygens (including phenoxy) is 1. The SMILES string of the molecule is CCc1ccc(CC)c(CNC(=O)[C@H](CC)N(c2cc(Cl)ccc2OC)S(C)(=O)=O)c1. The Labute approximate surface area is 190 Å². The Kier molecular flexibility index (Phi) is 8.77. The van der Waals surface area contributed by atoms with Crippen LogP contribution in [0.25, 0.3) is 0 Å². The van der Waals surface area contributed by atoms with Gasteiger partial charge in [-0.3, -0.25) is 9.10 Å². The van der Waals surface area contributed by atoms with Gasteiger partial charge in [-0.2, -0.15) is 0 Å². The number of rotatable bonds is 10. The summed E-state index contributed by atoms with van der Waals surface area (Å²) in [4.78, 5) is 13.2. The molecule has 0 spiro atoms. The van der Waals surface area contributed by atoms with Gasteiger partial charge in [0.2, 0.25) is 15.9 Å². The summed E-state index contributed by atoms with van der Waals surface area (Å²) in [6.45, 7) is 6.25. The van der Waals surface area contributed by atoms with Gasteiger partial charge >= 0.3 is 0 Å². The van der Waals surface area contributed by atoms with E-state index in [0.29, 0.717) is 17.3 Å². The average Bonchev–Trinajstić information content (AvgIpc) is 2.74. The molecule has 2 aromatic carbocycles. The van der Waals surface area contributed by atoms with E-state index in [-0.39, 0.29) is 18.0 Å². The molecule has 6 nitrogen and oxygen atoms in total. The van der Waals surface area contributed by atoms with Crippen LogP contribution in [0.3, 0.4) is 0 Å². The predicted molar refractivity (Wildman–Crippen MR) is 126 cm³/mol. The summed E-state index contributed by atoms with van der Waals surface area (Å²) < 4.78 is 31.9.